The molecule has 1 amide bonds. The van der Waals surface area contributed by atoms with Crippen molar-refractivity contribution in [3.63, 3.8) is 0 Å². The SMILES string of the molecule is Cc1cc(NC(=O)[C@H]2C[C@H]3CC[C@@H]2C3)no1. The van der Waals surface area contributed by atoms with Gasteiger partial charge in [-0.3, -0.25) is 4.79 Å². The van der Waals surface area contributed by atoms with Crippen LogP contribution in [0.25, 0.3) is 0 Å². The first kappa shape index (κ1) is 9.87. The Morgan fingerprint density at radius 1 is 1.50 bits per heavy atom. The van der Waals surface area contributed by atoms with Crippen molar-refractivity contribution < 1.29 is 9.32 Å². The van der Waals surface area contributed by atoms with Gasteiger partial charge in [-0.25, -0.2) is 0 Å². The minimum absolute atomic E-state index is 0.125. The van der Waals surface area contributed by atoms with Crippen LogP contribution in [-0.4, -0.2) is 11.1 Å². The molecule has 0 aliphatic heterocycles. The smallest absolute Gasteiger partial charge is 0.229 e. The highest BCUT2D eigenvalue weighted by Gasteiger charge is 2.43. The summed E-state index contributed by atoms with van der Waals surface area (Å²) >= 11 is 0. The maximum atomic E-state index is 12.0. The quantitative estimate of drug-likeness (QED) is 0.832. The zero-order chi connectivity index (χ0) is 11.1. The highest BCUT2D eigenvalue weighted by molar-refractivity contribution is 5.92. The second-order valence-electron chi connectivity index (χ2n) is 5.09. The molecule has 16 heavy (non-hydrogen) atoms. The van der Waals surface area contributed by atoms with Gasteiger partial charge >= 0.3 is 0 Å². The van der Waals surface area contributed by atoms with Gasteiger partial charge in [0.25, 0.3) is 0 Å². The molecule has 1 heterocycles. The fraction of sp³-hybridized carbons (Fsp3) is 0.667. The van der Waals surface area contributed by atoms with Gasteiger partial charge in [-0.05, 0) is 38.0 Å². The van der Waals surface area contributed by atoms with Crippen LogP contribution in [0.15, 0.2) is 10.6 Å². The fourth-order valence-corrected chi connectivity index (χ4v) is 3.21. The monoisotopic (exact) mass is 220 g/mol. The molecule has 4 heteroatoms. The van der Waals surface area contributed by atoms with Crippen LogP contribution in [0, 0.1) is 24.7 Å². The lowest BCUT2D eigenvalue weighted by Gasteiger charge is -2.19. The van der Waals surface area contributed by atoms with Crippen molar-refractivity contribution >= 4 is 11.7 Å². The molecule has 86 valence electrons. The highest BCUT2D eigenvalue weighted by Crippen LogP contribution is 2.48. The molecule has 1 N–H and O–H groups in total. The Labute approximate surface area is 94.4 Å². The van der Waals surface area contributed by atoms with Crippen molar-refractivity contribution in [2.45, 2.75) is 32.6 Å². The van der Waals surface area contributed by atoms with E-state index in [1.165, 1.54) is 19.3 Å². The summed E-state index contributed by atoms with van der Waals surface area (Å²) in [6, 6.07) is 1.76. The average molecular weight is 220 g/mol. The van der Waals surface area contributed by atoms with Gasteiger partial charge in [0, 0.05) is 12.0 Å². The fourth-order valence-electron chi connectivity index (χ4n) is 3.21. The maximum absolute atomic E-state index is 12.0. The Bertz CT molecular complexity index is 413. The molecule has 2 fully saturated rings. The lowest BCUT2D eigenvalue weighted by atomic mass is 9.88. The van der Waals surface area contributed by atoms with Crippen LogP contribution in [0.1, 0.15) is 31.4 Å². The molecule has 4 nitrogen and oxygen atoms in total. The number of aryl methyl sites for hydroxylation is 1. The summed E-state index contributed by atoms with van der Waals surface area (Å²) in [5.74, 6) is 3.00. The van der Waals surface area contributed by atoms with Gasteiger partial charge in [0.2, 0.25) is 5.91 Å². The van der Waals surface area contributed by atoms with E-state index in [0.717, 1.165) is 18.1 Å². The van der Waals surface area contributed by atoms with Crippen LogP contribution in [0.4, 0.5) is 5.82 Å². The third kappa shape index (κ3) is 1.62. The highest BCUT2D eigenvalue weighted by atomic mass is 16.5. The summed E-state index contributed by atoms with van der Waals surface area (Å²) in [5.41, 5.74) is 0. The number of amides is 1. The molecular weight excluding hydrogens is 204 g/mol. The van der Waals surface area contributed by atoms with E-state index in [9.17, 15) is 4.79 Å². The minimum atomic E-state index is 0.125. The van der Waals surface area contributed by atoms with Crippen LogP contribution in [0.5, 0.6) is 0 Å². The topological polar surface area (TPSA) is 55.1 Å². The number of carbonyl (C=O) groups excluding carboxylic acids is 1. The predicted molar refractivity (Wildman–Crippen MR) is 58.8 cm³/mol. The van der Waals surface area contributed by atoms with Crippen LogP contribution >= 0.6 is 0 Å². The maximum Gasteiger partial charge on any atom is 0.229 e. The average Bonchev–Trinajstić information content (AvgIpc) is 2.93. The van der Waals surface area contributed by atoms with Crippen LogP contribution < -0.4 is 5.32 Å². The normalized spacial score (nSPS) is 31.9. The lowest BCUT2D eigenvalue weighted by molar-refractivity contribution is -0.121. The molecule has 0 saturated heterocycles. The van der Waals surface area contributed by atoms with Gasteiger partial charge in [-0.2, -0.15) is 0 Å². The minimum Gasteiger partial charge on any atom is -0.360 e. The van der Waals surface area contributed by atoms with Gasteiger partial charge in [-0.15, -0.1) is 0 Å². The Balaban J connectivity index is 1.65. The van der Waals surface area contributed by atoms with E-state index in [2.05, 4.69) is 10.5 Å². The number of aromatic nitrogens is 1. The van der Waals surface area contributed by atoms with Crippen LogP contribution in [0.2, 0.25) is 0 Å². The third-order valence-electron chi connectivity index (χ3n) is 3.95. The lowest BCUT2D eigenvalue weighted by Crippen LogP contribution is -2.27. The van der Waals surface area contributed by atoms with E-state index in [1.807, 2.05) is 6.92 Å². The van der Waals surface area contributed by atoms with Crippen molar-refractivity contribution in [1.82, 2.24) is 5.16 Å². The first-order valence-electron chi connectivity index (χ1n) is 5.96. The second-order valence-corrected chi connectivity index (χ2v) is 5.09. The summed E-state index contributed by atoms with van der Waals surface area (Å²) < 4.78 is 4.93. The third-order valence-corrected chi connectivity index (χ3v) is 3.95. The Kier molecular flexibility index (Phi) is 2.23. The summed E-state index contributed by atoms with van der Waals surface area (Å²) in [6.07, 6.45) is 4.85. The van der Waals surface area contributed by atoms with Gasteiger partial charge in [0.15, 0.2) is 5.82 Å². The number of nitrogens with one attached hydrogen (secondary N) is 1. The molecule has 2 bridgehead atoms. The van der Waals surface area contributed by atoms with Crippen molar-refractivity contribution in [2.75, 3.05) is 5.32 Å². The van der Waals surface area contributed by atoms with Crippen molar-refractivity contribution in [2.24, 2.45) is 17.8 Å². The molecule has 0 unspecified atom stereocenters. The molecule has 0 radical (unpaired) electrons. The molecular formula is C12H16N2O2. The number of hydrogen-bond donors (Lipinski definition) is 1. The van der Waals surface area contributed by atoms with E-state index in [-0.39, 0.29) is 11.8 Å². The molecule has 1 aromatic heterocycles. The summed E-state index contributed by atoms with van der Waals surface area (Å²) in [4.78, 5) is 12.0. The van der Waals surface area contributed by atoms with Gasteiger partial charge < -0.3 is 9.84 Å². The van der Waals surface area contributed by atoms with Gasteiger partial charge in [0.05, 0.1) is 0 Å². The molecule has 0 aromatic carbocycles. The van der Waals surface area contributed by atoms with Crippen LogP contribution in [-0.2, 0) is 4.79 Å². The molecule has 3 atom stereocenters. The zero-order valence-corrected chi connectivity index (χ0v) is 9.40. The van der Waals surface area contributed by atoms with Crippen molar-refractivity contribution in [3.05, 3.63) is 11.8 Å². The second kappa shape index (κ2) is 3.61. The van der Waals surface area contributed by atoms with E-state index >= 15 is 0 Å². The van der Waals surface area contributed by atoms with Crippen LogP contribution in [0.3, 0.4) is 0 Å². The van der Waals surface area contributed by atoms with E-state index in [1.54, 1.807) is 6.07 Å². The molecule has 2 saturated carbocycles. The molecule has 0 spiro atoms. The summed E-state index contributed by atoms with van der Waals surface area (Å²) in [5, 5.41) is 6.63. The first-order valence-corrected chi connectivity index (χ1v) is 5.96. The number of hydrogen-bond acceptors (Lipinski definition) is 3. The molecule has 2 aliphatic rings. The largest absolute Gasteiger partial charge is 0.360 e. The Morgan fingerprint density at radius 3 is 2.94 bits per heavy atom. The number of anilines is 1. The zero-order valence-electron chi connectivity index (χ0n) is 9.40. The number of carbonyl (C=O) groups is 1. The molecule has 2 aliphatic carbocycles. The summed E-state index contributed by atoms with van der Waals surface area (Å²) in [7, 11) is 0. The molecule has 3 rings (SSSR count). The van der Waals surface area contributed by atoms with Gasteiger partial charge in [0.1, 0.15) is 5.76 Å². The number of fused-ring (bicyclic) bond motifs is 2. The van der Waals surface area contributed by atoms with Crippen molar-refractivity contribution in [3.8, 4) is 0 Å². The summed E-state index contributed by atoms with van der Waals surface area (Å²) in [6.45, 7) is 1.82. The standard InChI is InChI=1S/C12H16N2O2/c1-7-4-11(14-16-7)13-12(15)10-6-8-2-3-9(10)5-8/h4,8-10H,2-3,5-6H2,1H3,(H,13,14,15)/t8-,9+,10-/m0/s1. The van der Waals surface area contributed by atoms with E-state index in [0.29, 0.717) is 11.7 Å². The Hall–Kier alpha value is -1.32. The number of rotatable bonds is 2. The van der Waals surface area contributed by atoms with E-state index in [4.69, 9.17) is 4.52 Å². The first-order chi connectivity index (χ1) is 7.72. The number of nitrogens with zero attached hydrogens (tertiary/aromatic N) is 1. The van der Waals surface area contributed by atoms with Gasteiger partial charge in [-0.1, -0.05) is 11.6 Å². The molecule has 1 aromatic rings. The van der Waals surface area contributed by atoms with Crippen molar-refractivity contribution in [1.29, 1.82) is 0 Å². The van der Waals surface area contributed by atoms with E-state index < -0.39 is 0 Å². The predicted octanol–water partition coefficient (Wildman–Crippen LogP) is 2.36. The Morgan fingerprint density at radius 2 is 2.38 bits per heavy atom.